The van der Waals surface area contributed by atoms with Crippen LogP contribution in [0, 0.1) is 5.92 Å². The number of H-pyrrole nitrogens is 1. The summed E-state index contributed by atoms with van der Waals surface area (Å²) < 4.78 is 7.86. The Bertz CT molecular complexity index is 1520. The van der Waals surface area contributed by atoms with Crippen molar-refractivity contribution < 1.29 is 14.9 Å². The summed E-state index contributed by atoms with van der Waals surface area (Å²) in [4.78, 5) is 23.3. The third kappa shape index (κ3) is 5.31. The lowest BCUT2D eigenvalue weighted by Crippen LogP contribution is -2.52. The summed E-state index contributed by atoms with van der Waals surface area (Å²) in [6.45, 7) is 11.6. The Hall–Kier alpha value is -3.12. The molecule has 4 heterocycles. The number of nitrogen functional groups attached to an aromatic ring is 1. The van der Waals surface area contributed by atoms with Crippen LogP contribution in [0.4, 0.5) is 5.82 Å². The minimum absolute atomic E-state index is 0.104. The number of imidazole rings is 2. The van der Waals surface area contributed by atoms with E-state index in [2.05, 4.69) is 77.7 Å². The third-order valence-corrected chi connectivity index (χ3v) is 8.92. The molecule has 1 saturated heterocycles. The molecule has 0 radical (unpaired) electrons. The van der Waals surface area contributed by atoms with E-state index in [-0.39, 0.29) is 17.3 Å². The predicted molar refractivity (Wildman–Crippen MR) is 157 cm³/mol. The van der Waals surface area contributed by atoms with Crippen LogP contribution in [0.15, 0.2) is 30.9 Å². The Labute approximate surface area is 240 Å². The molecule has 2 fully saturated rings. The lowest BCUT2D eigenvalue weighted by molar-refractivity contribution is -0.0620. The number of nitrogens with zero attached hydrogens (tertiary/aromatic N) is 6. The summed E-state index contributed by atoms with van der Waals surface area (Å²) in [6, 6.07) is 7.23. The van der Waals surface area contributed by atoms with Crippen molar-refractivity contribution in [1.82, 2.24) is 34.4 Å². The van der Waals surface area contributed by atoms with E-state index >= 15 is 0 Å². The van der Waals surface area contributed by atoms with Gasteiger partial charge in [-0.15, -0.1) is 0 Å². The summed E-state index contributed by atoms with van der Waals surface area (Å²) in [5, 5.41) is 21.8. The van der Waals surface area contributed by atoms with Gasteiger partial charge < -0.3 is 25.7 Å². The number of hydrogen-bond acceptors (Lipinski definition) is 9. The van der Waals surface area contributed by atoms with Crippen molar-refractivity contribution in [2.45, 2.75) is 102 Å². The zero-order chi connectivity index (χ0) is 29.1. The van der Waals surface area contributed by atoms with Gasteiger partial charge in [0.2, 0.25) is 0 Å². The van der Waals surface area contributed by atoms with E-state index < -0.39 is 24.5 Å². The monoisotopic (exact) mass is 562 g/mol. The molecule has 11 nitrogen and oxygen atoms in total. The molecule has 1 aliphatic heterocycles. The molecule has 1 aliphatic carbocycles. The molecule has 0 amide bonds. The van der Waals surface area contributed by atoms with E-state index in [4.69, 9.17) is 15.5 Å². The standard InChI is InChI=1S/C30H42N8O3/c1-16(2)37(13-22-25(39)26(40)29(41-22)38-15-34-24-27(31)32-14-33-28(24)38)19-10-17(11-19)6-9-23-35-20-8-7-18(30(3,4)5)12-21(20)36-23/h7-8,12,14-17,19,22,25-26,29,39-40H,6,9-11,13H2,1-5H3,(H,35,36)(H2,31,32,33). The Kier molecular flexibility index (Phi) is 7.25. The summed E-state index contributed by atoms with van der Waals surface area (Å²) in [5.41, 5.74) is 10.4. The number of fused-ring (bicyclic) bond motifs is 2. The first-order chi connectivity index (χ1) is 19.5. The van der Waals surface area contributed by atoms with Crippen LogP contribution in [-0.2, 0) is 16.6 Å². The normalized spacial score (nSPS) is 27.0. The first-order valence-electron chi connectivity index (χ1n) is 14.7. The van der Waals surface area contributed by atoms with Crippen molar-refractivity contribution >= 4 is 28.0 Å². The van der Waals surface area contributed by atoms with Gasteiger partial charge in [-0.25, -0.2) is 19.9 Å². The Balaban J connectivity index is 1.06. The highest BCUT2D eigenvalue weighted by Gasteiger charge is 2.46. The molecule has 3 aromatic heterocycles. The minimum Gasteiger partial charge on any atom is -0.387 e. The molecule has 220 valence electrons. The quantitative estimate of drug-likeness (QED) is 0.253. The summed E-state index contributed by atoms with van der Waals surface area (Å²) >= 11 is 0. The fourth-order valence-corrected chi connectivity index (χ4v) is 6.35. The molecule has 4 atom stereocenters. The Morgan fingerprint density at radius 2 is 1.93 bits per heavy atom. The van der Waals surface area contributed by atoms with E-state index in [1.54, 1.807) is 4.57 Å². The zero-order valence-electron chi connectivity index (χ0n) is 24.5. The molecule has 4 aromatic rings. The van der Waals surface area contributed by atoms with Crippen molar-refractivity contribution in [3.8, 4) is 0 Å². The second kappa shape index (κ2) is 10.6. The number of anilines is 1. The zero-order valence-corrected chi connectivity index (χ0v) is 24.5. The number of ether oxygens (including phenoxy) is 1. The largest absolute Gasteiger partial charge is 0.387 e. The average Bonchev–Trinajstić information content (AvgIpc) is 3.58. The number of benzene rings is 1. The lowest BCUT2D eigenvalue weighted by Gasteiger charge is -2.46. The summed E-state index contributed by atoms with van der Waals surface area (Å²) in [6.07, 6.45) is 3.63. The maximum atomic E-state index is 10.9. The second-order valence-corrected chi connectivity index (χ2v) is 13.1. The molecule has 5 N–H and O–H groups in total. The first kappa shape index (κ1) is 28.0. The van der Waals surface area contributed by atoms with Crippen molar-refractivity contribution in [2.75, 3.05) is 12.3 Å². The third-order valence-electron chi connectivity index (χ3n) is 8.92. The number of rotatable bonds is 8. The fourth-order valence-electron chi connectivity index (χ4n) is 6.35. The number of aromatic amines is 1. The van der Waals surface area contributed by atoms with Crippen LogP contribution in [-0.4, -0.2) is 81.5 Å². The molecule has 6 rings (SSSR count). The molecule has 0 bridgehead atoms. The van der Waals surface area contributed by atoms with Gasteiger partial charge in [-0.3, -0.25) is 9.47 Å². The lowest BCUT2D eigenvalue weighted by atomic mass is 9.76. The molecule has 41 heavy (non-hydrogen) atoms. The van der Waals surface area contributed by atoms with Gasteiger partial charge in [0.05, 0.1) is 17.4 Å². The van der Waals surface area contributed by atoms with Crippen LogP contribution in [0.1, 0.15) is 71.5 Å². The van der Waals surface area contributed by atoms with Gasteiger partial charge >= 0.3 is 0 Å². The van der Waals surface area contributed by atoms with Crippen molar-refractivity contribution in [3.05, 3.63) is 42.2 Å². The van der Waals surface area contributed by atoms with Crippen LogP contribution < -0.4 is 5.73 Å². The van der Waals surface area contributed by atoms with Crippen molar-refractivity contribution in [1.29, 1.82) is 0 Å². The van der Waals surface area contributed by atoms with Crippen molar-refractivity contribution in [2.24, 2.45) is 5.92 Å². The van der Waals surface area contributed by atoms with Gasteiger partial charge in [-0.1, -0.05) is 26.8 Å². The van der Waals surface area contributed by atoms with E-state index in [9.17, 15) is 10.2 Å². The Morgan fingerprint density at radius 3 is 2.66 bits per heavy atom. The van der Waals surface area contributed by atoms with Crippen molar-refractivity contribution in [3.63, 3.8) is 0 Å². The van der Waals surface area contributed by atoms with Crippen LogP contribution in [0.3, 0.4) is 0 Å². The van der Waals surface area contributed by atoms with Gasteiger partial charge in [0.25, 0.3) is 0 Å². The van der Waals surface area contributed by atoms with E-state index in [1.165, 1.54) is 18.2 Å². The van der Waals surface area contributed by atoms with Crippen LogP contribution in [0.2, 0.25) is 0 Å². The highest BCUT2D eigenvalue weighted by molar-refractivity contribution is 5.81. The minimum atomic E-state index is -1.11. The number of hydrogen-bond donors (Lipinski definition) is 4. The second-order valence-electron chi connectivity index (χ2n) is 13.1. The predicted octanol–water partition coefficient (Wildman–Crippen LogP) is 3.32. The van der Waals surface area contributed by atoms with Gasteiger partial charge in [-0.2, -0.15) is 0 Å². The SMILES string of the molecule is CC(C)N(CC1OC(n2cnc3c(N)ncnc32)C(O)C1O)C1CC(CCc2nc3cc(C(C)(C)C)ccc3[nH]2)C1. The molecule has 2 aliphatic rings. The molecule has 0 spiro atoms. The molecule has 11 heteroatoms. The van der Waals surface area contributed by atoms with Gasteiger partial charge in [-0.05, 0) is 62.1 Å². The van der Waals surface area contributed by atoms with Gasteiger partial charge in [0.15, 0.2) is 17.7 Å². The van der Waals surface area contributed by atoms with Crippen LogP contribution >= 0.6 is 0 Å². The van der Waals surface area contributed by atoms with Crippen LogP contribution in [0.5, 0.6) is 0 Å². The maximum absolute atomic E-state index is 10.9. The number of nitrogens with one attached hydrogen (secondary N) is 1. The van der Waals surface area contributed by atoms with E-state index in [1.807, 2.05) is 0 Å². The number of aryl methyl sites for hydroxylation is 1. The summed E-state index contributed by atoms with van der Waals surface area (Å²) in [7, 11) is 0. The highest BCUT2D eigenvalue weighted by Crippen LogP contribution is 2.38. The molecular weight excluding hydrogens is 520 g/mol. The smallest absolute Gasteiger partial charge is 0.167 e. The number of aromatic nitrogens is 6. The molecular formula is C30H42N8O3. The first-order valence-corrected chi connectivity index (χ1v) is 14.7. The number of aliphatic hydroxyl groups excluding tert-OH is 2. The number of nitrogens with two attached hydrogens (primary N) is 1. The van der Waals surface area contributed by atoms with E-state index in [0.717, 1.165) is 42.5 Å². The molecule has 4 unspecified atom stereocenters. The average molecular weight is 563 g/mol. The number of aliphatic hydroxyl groups is 2. The molecule has 1 aromatic carbocycles. The fraction of sp³-hybridized carbons (Fsp3) is 0.600. The highest BCUT2D eigenvalue weighted by atomic mass is 16.6. The van der Waals surface area contributed by atoms with Gasteiger partial charge in [0.1, 0.15) is 36.0 Å². The Morgan fingerprint density at radius 1 is 1.15 bits per heavy atom. The molecule has 1 saturated carbocycles. The van der Waals surface area contributed by atoms with E-state index in [0.29, 0.717) is 29.7 Å². The van der Waals surface area contributed by atoms with Crippen LogP contribution in [0.25, 0.3) is 22.2 Å². The topological polar surface area (TPSA) is 151 Å². The van der Waals surface area contributed by atoms with Gasteiger partial charge in [0, 0.05) is 25.0 Å². The maximum Gasteiger partial charge on any atom is 0.167 e. The summed E-state index contributed by atoms with van der Waals surface area (Å²) in [5.74, 6) is 1.95.